The molecule has 1 rings (SSSR count). The van der Waals surface area contributed by atoms with E-state index in [2.05, 4.69) is 18.3 Å². The Balaban J connectivity index is 0.00000144. The highest BCUT2D eigenvalue weighted by molar-refractivity contribution is 5.85. The van der Waals surface area contributed by atoms with Crippen LogP contribution in [0, 0.1) is 0 Å². The number of hydrogen-bond acceptors (Lipinski definition) is 2. The van der Waals surface area contributed by atoms with Gasteiger partial charge in [0.05, 0.1) is 7.11 Å². The summed E-state index contributed by atoms with van der Waals surface area (Å²) in [5.41, 5.74) is 1.20. The van der Waals surface area contributed by atoms with Crippen LogP contribution in [-0.4, -0.2) is 14.2 Å². The van der Waals surface area contributed by atoms with E-state index < -0.39 is 0 Å². The summed E-state index contributed by atoms with van der Waals surface area (Å²) in [6.07, 6.45) is 0. The minimum Gasteiger partial charge on any atom is -0.496 e. The number of halogens is 1. The van der Waals surface area contributed by atoms with Crippen LogP contribution in [0.3, 0.4) is 0 Å². The number of ether oxygens (including phenoxy) is 1. The fourth-order valence-electron chi connectivity index (χ4n) is 1.18. The molecule has 0 fully saturated rings. The van der Waals surface area contributed by atoms with Crippen molar-refractivity contribution in [3.63, 3.8) is 0 Å². The van der Waals surface area contributed by atoms with Gasteiger partial charge in [0.1, 0.15) is 5.75 Å². The van der Waals surface area contributed by atoms with Crippen LogP contribution < -0.4 is 10.1 Å². The molecule has 3 heteroatoms. The molecule has 2 nitrogen and oxygen atoms in total. The molecule has 0 aromatic heterocycles. The summed E-state index contributed by atoms with van der Waals surface area (Å²) in [5.74, 6) is 0.944. The Bertz CT molecular complexity index is 252. The lowest BCUT2D eigenvalue weighted by Gasteiger charge is -2.14. The number of nitrogens with one attached hydrogen (secondary N) is 1. The van der Waals surface area contributed by atoms with Crippen LogP contribution >= 0.6 is 12.4 Å². The van der Waals surface area contributed by atoms with Crippen LogP contribution in [0.1, 0.15) is 18.5 Å². The van der Waals surface area contributed by atoms with Crippen molar-refractivity contribution in [1.82, 2.24) is 5.32 Å². The highest BCUT2D eigenvalue weighted by atomic mass is 35.5. The molecule has 0 bridgehead atoms. The van der Waals surface area contributed by atoms with E-state index in [1.54, 1.807) is 7.11 Å². The molecule has 0 aliphatic rings. The average molecular weight is 202 g/mol. The molecule has 74 valence electrons. The van der Waals surface area contributed by atoms with Gasteiger partial charge in [0.2, 0.25) is 0 Å². The van der Waals surface area contributed by atoms with Gasteiger partial charge in [-0.3, -0.25) is 0 Å². The molecule has 1 aromatic carbocycles. The monoisotopic (exact) mass is 201 g/mol. The summed E-state index contributed by atoms with van der Waals surface area (Å²) in [4.78, 5) is 0. The fourth-order valence-corrected chi connectivity index (χ4v) is 1.18. The Morgan fingerprint density at radius 1 is 1.31 bits per heavy atom. The quantitative estimate of drug-likeness (QED) is 0.811. The summed E-state index contributed by atoms with van der Waals surface area (Å²) in [6, 6.07) is 8.38. The van der Waals surface area contributed by atoms with Gasteiger partial charge in [-0.2, -0.15) is 0 Å². The molecule has 0 amide bonds. The van der Waals surface area contributed by atoms with Gasteiger partial charge in [0.15, 0.2) is 0 Å². The molecule has 1 atom stereocenters. The van der Waals surface area contributed by atoms with Gasteiger partial charge in [-0.1, -0.05) is 18.2 Å². The summed E-state index contributed by atoms with van der Waals surface area (Å²) in [6.45, 7) is 2.11. The van der Waals surface area contributed by atoms with Gasteiger partial charge in [-0.25, -0.2) is 0 Å². The van der Waals surface area contributed by atoms with Crippen LogP contribution in [0.25, 0.3) is 0 Å². The van der Waals surface area contributed by atoms with E-state index >= 15 is 0 Å². The predicted molar refractivity (Wildman–Crippen MR) is 57.7 cm³/mol. The number of para-hydroxylation sites is 1. The Labute approximate surface area is 85.7 Å². The first-order valence-electron chi connectivity index (χ1n) is 4.09. The van der Waals surface area contributed by atoms with Crippen molar-refractivity contribution in [2.24, 2.45) is 0 Å². The number of hydrogen-bond donors (Lipinski definition) is 1. The number of rotatable bonds is 3. The van der Waals surface area contributed by atoms with E-state index in [0.29, 0.717) is 6.04 Å². The number of methoxy groups -OCH3 is 1. The van der Waals surface area contributed by atoms with Crippen molar-refractivity contribution in [2.75, 3.05) is 14.2 Å². The molecule has 0 aliphatic heterocycles. The van der Waals surface area contributed by atoms with Crippen LogP contribution in [-0.2, 0) is 0 Å². The van der Waals surface area contributed by atoms with Crippen LogP contribution in [0.4, 0.5) is 0 Å². The maximum atomic E-state index is 5.23. The molecular weight excluding hydrogens is 186 g/mol. The standard InChI is InChI=1S/C10H15NO.ClH/c1-8(11-2)9-6-4-5-7-10(9)12-3;/h4-8,11H,1-3H3;1H/t8-;/m1./s1. The van der Waals surface area contributed by atoms with Crippen molar-refractivity contribution in [3.8, 4) is 5.75 Å². The first-order valence-corrected chi connectivity index (χ1v) is 4.09. The van der Waals surface area contributed by atoms with E-state index in [1.165, 1.54) is 5.56 Å². The SMILES string of the molecule is CN[C@H](C)c1ccccc1OC.Cl. The molecule has 1 N–H and O–H groups in total. The largest absolute Gasteiger partial charge is 0.496 e. The summed E-state index contributed by atoms with van der Waals surface area (Å²) in [7, 11) is 3.64. The molecule has 0 spiro atoms. The van der Waals surface area contributed by atoms with Crippen molar-refractivity contribution >= 4 is 12.4 Å². The minimum atomic E-state index is 0. The molecule has 1 aromatic rings. The molecule has 0 unspecified atom stereocenters. The minimum absolute atomic E-state index is 0. The van der Waals surface area contributed by atoms with Crippen molar-refractivity contribution in [2.45, 2.75) is 13.0 Å². The summed E-state index contributed by atoms with van der Waals surface area (Å²) < 4.78 is 5.23. The highest BCUT2D eigenvalue weighted by Gasteiger charge is 2.06. The van der Waals surface area contributed by atoms with E-state index in [1.807, 2.05) is 25.2 Å². The normalized spacial score (nSPS) is 11.6. The Kier molecular flexibility index (Phi) is 5.51. The first-order chi connectivity index (χ1) is 5.79. The third-order valence-electron chi connectivity index (χ3n) is 2.04. The van der Waals surface area contributed by atoms with Gasteiger partial charge < -0.3 is 10.1 Å². The highest BCUT2D eigenvalue weighted by Crippen LogP contribution is 2.23. The molecule has 0 saturated carbocycles. The predicted octanol–water partition coefficient (Wildman–Crippen LogP) is 2.40. The topological polar surface area (TPSA) is 21.3 Å². The Morgan fingerprint density at radius 3 is 2.46 bits per heavy atom. The van der Waals surface area contributed by atoms with Gasteiger partial charge in [-0.15, -0.1) is 12.4 Å². The molecule has 0 radical (unpaired) electrons. The van der Waals surface area contributed by atoms with Crippen LogP contribution in [0.15, 0.2) is 24.3 Å². The van der Waals surface area contributed by atoms with Crippen LogP contribution in [0.2, 0.25) is 0 Å². The zero-order valence-corrected chi connectivity index (χ0v) is 9.02. The number of benzene rings is 1. The lowest BCUT2D eigenvalue weighted by atomic mass is 10.1. The summed E-state index contributed by atoms with van der Waals surface area (Å²) in [5, 5.41) is 3.18. The second kappa shape index (κ2) is 5.84. The van der Waals surface area contributed by atoms with E-state index in [-0.39, 0.29) is 12.4 Å². The lowest BCUT2D eigenvalue weighted by molar-refractivity contribution is 0.404. The van der Waals surface area contributed by atoms with Gasteiger partial charge >= 0.3 is 0 Å². The van der Waals surface area contributed by atoms with Crippen molar-refractivity contribution in [3.05, 3.63) is 29.8 Å². The maximum absolute atomic E-state index is 5.23. The second-order valence-electron chi connectivity index (χ2n) is 2.75. The van der Waals surface area contributed by atoms with Crippen LogP contribution in [0.5, 0.6) is 5.75 Å². The Morgan fingerprint density at radius 2 is 1.92 bits per heavy atom. The van der Waals surface area contributed by atoms with Gasteiger partial charge in [0, 0.05) is 11.6 Å². The smallest absolute Gasteiger partial charge is 0.123 e. The van der Waals surface area contributed by atoms with Crippen molar-refractivity contribution in [1.29, 1.82) is 0 Å². The average Bonchev–Trinajstić information content (AvgIpc) is 2.16. The van der Waals surface area contributed by atoms with E-state index in [4.69, 9.17) is 4.74 Å². The molecule has 13 heavy (non-hydrogen) atoms. The fraction of sp³-hybridized carbons (Fsp3) is 0.400. The third-order valence-corrected chi connectivity index (χ3v) is 2.04. The zero-order valence-electron chi connectivity index (χ0n) is 8.20. The van der Waals surface area contributed by atoms with Gasteiger partial charge in [0.25, 0.3) is 0 Å². The maximum Gasteiger partial charge on any atom is 0.123 e. The molecular formula is C10H16ClNO. The molecule has 0 heterocycles. The molecule has 0 aliphatic carbocycles. The van der Waals surface area contributed by atoms with E-state index in [0.717, 1.165) is 5.75 Å². The first kappa shape index (κ1) is 12.3. The van der Waals surface area contributed by atoms with Crippen molar-refractivity contribution < 1.29 is 4.74 Å². The lowest BCUT2D eigenvalue weighted by Crippen LogP contribution is -2.13. The van der Waals surface area contributed by atoms with E-state index in [9.17, 15) is 0 Å². The second-order valence-corrected chi connectivity index (χ2v) is 2.75. The zero-order chi connectivity index (χ0) is 8.97. The third kappa shape index (κ3) is 2.90. The molecule has 0 saturated heterocycles. The van der Waals surface area contributed by atoms with Gasteiger partial charge in [-0.05, 0) is 20.0 Å². The summed E-state index contributed by atoms with van der Waals surface area (Å²) >= 11 is 0. The Hall–Kier alpha value is -0.730.